The van der Waals surface area contributed by atoms with Gasteiger partial charge >= 0.3 is 0 Å². The average Bonchev–Trinajstić information content (AvgIpc) is 2.44. The molecular formula is C16H22N2O4S. The second-order valence-corrected chi connectivity index (χ2v) is 8.19. The zero-order valence-electron chi connectivity index (χ0n) is 13.4. The van der Waals surface area contributed by atoms with Crippen LogP contribution in [0, 0.1) is 0 Å². The molecule has 0 bridgehead atoms. The Morgan fingerprint density at radius 2 is 1.65 bits per heavy atom. The van der Waals surface area contributed by atoms with Gasteiger partial charge in [-0.3, -0.25) is 4.79 Å². The molecule has 1 amide bonds. The molecule has 2 aliphatic rings. The third-order valence-electron chi connectivity index (χ3n) is 4.27. The highest BCUT2D eigenvalue weighted by molar-refractivity contribution is 7.89. The van der Waals surface area contributed by atoms with Crippen molar-refractivity contribution in [2.75, 3.05) is 26.2 Å². The molecule has 2 aliphatic heterocycles. The molecule has 23 heavy (non-hydrogen) atoms. The first kappa shape index (κ1) is 16.4. The minimum absolute atomic E-state index is 0.0335. The summed E-state index contributed by atoms with van der Waals surface area (Å²) < 4.78 is 32.5. The van der Waals surface area contributed by atoms with E-state index in [1.807, 2.05) is 13.8 Å². The van der Waals surface area contributed by atoms with Crippen LogP contribution < -0.4 is 0 Å². The van der Waals surface area contributed by atoms with Crippen molar-refractivity contribution in [1.82, 2.24) is 9.21 Å². The summed E-state index contributed by atoms with van der Waals surface area (Å²) in [4.78, 5) is 14.1. The number of morpholine rings is 1. The zero-order valence-corrected chi connectivity index (χ0v) is 14.3. The SMILES string of the molecule is CC1CN(S(=O)(=O)c2ccc(C(=O)N3CCC3)cc2)CC(C)O1. The number of carbonyl (C=O) groups is 1. The number of nitrogens with zero attached hydrogens (tertiary/aromatic N) is 2. The van der Waals surface area contributed by atoms with Crippen LogP contribution in [0.4, 0.5) is 0 Å². The molecule has 7 heteroatoms. The van der Waals surface area contributed by atoms with E-state index in [2.05, 4.69) is 0 Å². The third kappa shape index (κ3) is 3.27. The van der Waals surface area contributed by atoms with E-state index in [0.29, 0.717) is 18.7 Å². The van der Waals surface area contributed by atoms with E-state index in [-0.39, 0.29) is 23.0 Å². The number of rotatable bonds is 3. The molecular weight excluding hydrogens is 316 g/mol. The Labute approximate surface area is 137 Å². The van der Waals surface area contributed by atoms with Gasteiger partial charge in [-0.1, -0.05) is 0 Å². The van der Waals surface area contributed by atoms with Gasteiger partial charge in [0.25, 0.3) is 5.91 Å². The van der Waals surface area contributed by atoms with Crippen LogP contribution in [0.1, 0.15) is 30.6 Å². The van der Waals surface area contributed by atoms with Crippen LogP contribution in [0.25, 0.3) is 0 Å². The van der Waals surface area contributed by atoms with Gasteiger partial charge in [0.15, 0.2) is 0 Å². The van der Waals surface area contributed by atoms with Gasteiger partial charge in [-0.05, 0) is 44.5 Å². The molecule has 2 unspecified atom stereocenters. The van der Waals surface area contributed by atoms with Crippen LogP contribution in [0.2, 0.25) is 0 Å². The van der Waals surface area contributed by atoms with Crippen LogP contribution in [-0.2, 0) is 14.8 Å². The van der Waals surface area contributed by atoms with Crippen molar-refractivity contribution in [2.24, 2.45) is 0 Å². The lowest BCUT2D eigenvalue weighted by Crippen LogP contribution is -2.48. The number of benzene rings is 1. The molecule has 2 heterocycles. The van der Waals surface area contributed by atoms with E-state index in [4.69, 9.17) is 4.74 Å². The van der Waals surface area contributed by atoms with E-state index in [0.717, 1.165) is 19.5 Å². The molecule has 2 fully saturated rings. The van der Waals surface area contributed by atoms with E-state index in [1.54, 1.807) is 17.0 Å². The van der Waals surface area contributed by atoms with E-state index in [1.165, 1.54) is 16.4 Å². The zero-order chi connectivity index (χ0) is 16.6. The molecule has 2 atom stereocenters. The predicted molar refractivity (Wildman–Crippen MR) is 85.7 cm³/mol. The molecule has 1 aromatic rings. The quantitative estimate of drug-likeness (QED) is 0.834. The molecule has 2 saturated heterocycles. The van der Waals surface area contributed by atoms with Crippen molar-refractivity contribution in [3.05, 3.63) is 29.8 Å². The lowest BCUT2D eigenvalue weighted by Gasteiger charge is -2.34. The van der Waals surface area contributed by atoms with Crippen molar-refractivity contribution >= 4 is 15.9 Å². The number of likely N-dealkylation sites (tertiary alicyclic amines) is 1. The van der Waals surface area contributed by atoms with Gasteiger partial charge in [0.05, 0.1) is 17.1 Å². The fraction of sp³-hybridized carbons (Fsp3) is 0.562. The van der Waals surface area contributed by atoms with Gasteiger partial charge < -0.3 is 9.64 Å². The lowest BCUT2D eigenvalue weighted by atomic mass is 10.1. The molecule has 0 aromatic heterocycles. The molecule has 3 rings (SSSR count). The van der Waals surface area contributed by atoms with Crippen molar-refractivity contribution in [3.8, 4) is 0 Å². The topological polar surface area (TPSA) is 66.9 Å². The maximum Gasteiger partial charge on any atom is 0.253 e. The first-order valence-electron chi connectivity index (χ1n) is 7.93. The fourth-order valence-corrected chi connectivity index (χ4v) is 4.54. The Kier molecular flexibility index (Phi) is 4.44. The van der Waals surface area contributed by atoms with Gasteiger partial charge in [-0.2, -0.15) is 4.31 Å². The van der Waals surface area contributed by atoms with E-state index in [9.17, 15) is 13.2 Å². The summed E-state index contributed by atoms with van der Waals surface area (Å²) in [7, 11) is -3.55. The first-order valence-corrected chi connectivity index (χ1v) is 9.37. The average molecular weight is 338 g/mol. The molecule has 0 aliphatic carbocycles. The van der Waals surface area contributed by atoms with Crippen molar-refractivity contribution in [2.45, 2.75) is 37.4 Å². The smallest absolute Gasteiger partial charge is 0.253 e. The molecule has 0 radical (unpaired) electrons. The predicted octanol–water partition coefficient (Wildman–Crippen LogP) is 1.33. The number of sulfonamides is 1. The van der Waals surface area contributed by atoms with Gasteiger partial charge in [-0.15, -0.1) is 0 Å². The standard InChI is InChI=1S/C16H22N2O4S/c1-12-10-18(11-13(2)22-12)23(20,21)15-6-4-14(5-7-15)16(19)17-8-3-9-17/h4-7,12-13H,3,8-11H2,1-2H3. The highest BCUT2D eigenvalue weighted by Gasteiger charge is 2.32. The minimum atomic E-state index is -3.55. The summed E-state index contributed by atoms with van der Waals surface area (Å²) in [5.74, 6) is -0.0335. The van der Waals surface area contributed by atoms with Gasteiger partial charge in [0.1, 0.15) is 0 Å². The highest BCUT2D eigenvalue weighted by Crippen LogP contribution is 2.22. The van der Waals surface area contributed by atoms with E-state index >= 15 is 0 Å². The maximum atomic E-state index is 12.7. The maximum absolute atomic E-state index is 12.7. The summed E-state index contributed by atoms with van der Waals surface area (Å²) >= 11 is 0. The Balaban J connectivity index is 1.78. The van der Waals surface area contributed by atoms with Crippen molar-refractivity contribution in [1.29, 1.82) is 0 Å². The first-order chi connectivity index (χ1) is 10.9. The number of hydrogen-bond acceptors (Lipinski definition) is 4. The fourth-order valence-electron chi connectivity index (χ4n) is 2.95. The molecule has 6 nitrogen and oxygen atoms in total. The van der Waals surface area contributed by atoms with Gasteiger partial charge in [0.2, 0.25) is 10.0 Å². The number of ether oxygens (including phenoxy) is 1. The summed E-state index contributed by atoms with van der Waals surface area (Å²) in [6, 6.07) is 6.24. The number of carbonyl (C=O) groups excluding carboxylic acids is 1. The summed E-state index contributed by atoms with van der Waals surface area (Å²) in [6.45, 7) is 5.99. The Morgan fingerprint density at radius 1 is 1.09 bits per heavy atom. The summed E-state index contributed by atoms with van der Waals surface area (Å²) in [5, 5.41) is 0. The van der Waals surface area contributed by atoms with Crippen molar-refractivity contribution < 1.29 is 17.9 Å². The molecule has 0 spiro atoms. The van der Waals surface area contributed by atoms with Crippen LogP contribution in [-0.4, -0.2) is 61.9 Å². The Hall–Kier alpha value is -1.44. The normalized spacial score (nSPS) is 25.9. The van der Waals surface area contributed by atoms with Crippen LogP contribution in [0.15, 0.2) is 29.2 Å². The number of hydrogen-bond donors (Lipinski definition) is 0. The summed E-state index contributed by atoms with van der Waals surface area (Å²) in [6.07, 6.45) is 0.785. The second-order valence-electron chi connectivity index (χ2n) is 6.25. The second kappa shape index (κ2) is 6.22. The Morgan fingerprint density at radius 3 is 2.13 bits per heavy atom. The molecule has 0 N–H and O–H groups in total. The summed E-state index contributed by atoms with van der Waals surface area (Å²) in [5.41, 5.74) is 0.535. The molecule has 0 saturated carbocycles. The van der Waals surface area contributed by atoms with Crippen molar-refractivity contribution in [3.63, 3.8) is 0 Å². The van der Waals surface area contributed by atoms with Gasteiger partial charge in [-0.25, -0.2) is 8.42 Å². The van der Waals surface area contributed by atoms with Crippen LogP contribution >= 0.6 is 0 Å². The minimum Gasteiger partial charge on any atom is -0.373 e. The molecule has 1 aromatic carbocycles. The van der Waals surface area contributed by atoms with Crippen LogP contribution in [0.5, 0.6) is 0 Å². The lowest BCUT2D eigenvalue weighted by molar-refractivity contribution is -0.0440. The Bertz CT molecular complexity index is 673. The highest BCUT2D eigenvalue weighted by atomic mass is 32.2. The molecule has 126 valence electrons. The third-order valence-corrected chi connectivity index (χ3v) is 6.11. The van der Waals surface area contributed by atoms with E-state index < -0.39 is 10.0 Å². The monoisotopic (exact) mass is 338 g/mol. The number of amides is 1. The largest absolute Gasteiger partial charge is 0.373 e. The van der Waals surface area contributed by atoms with Crippen LogP contribution in [0.3, 0.4) is 0 Å². The van der Waals surface area contributed by atoms with Gasteiger partial charge in [0, 0.05) is 31.7 Å².